The van der Waals surface area contributed by atoms with Crippen LogP contribution in [-0.2, 0) is 9.53 Å². The summed E-state index contributed by atoms with van der Waals surface area (Å²) in [6.07, 6.45) is -0.888. The zero-order valence-electron chi connectivity index (χ0n) is 20.5. The summed E-state index contributed by atoms with van der Waals surface area (Å²) < 4.78 is 35.0. The first-order chi connectivity index (χ1) is 18.1. The Morgan fingerprint density at radius 1 is 0.973 bits per heavy atom. The number of benzene rings is 1. The van der Waals surface area contributed by atoms with E-state index >= 15 is 0 Å². The van der Waals surface area contributed by atoms with Crippen LogP contribution >= 0.6 is 0 Å². The topological polar surface area (TPSA) is 91.7 Å². The van der Waals surface area contributed by atoms with Crippen molar-refractivity contribution in [3.8, 4) is 5.95 Å². The van der Waals surface area contributed by atoms with E-state index in [1.807, 2.05) is 11.0 Å². The lowest BCUT2D eigenvalue weighted by atomic mass is 10.2. The van der Waals surface area contributed by atoms with Crippen molar-refractivity contribution in [1.82, 2.24) is 29.7 Å². The summed E-state index contributed by atoms with van der Waals surface area (Å²) in [5.41, 5.74) is 0.995. The number of imidazole rings is 1. The van der Waals surface area contributed by atoms with Gasteiger partial charge < -0.3 is 24.8 Å². The van der Waals surface area contributed by atoms with Gasteiger partial charge in [0.2, 0.25) is 11.9 Å². The number of anilines is 2. The molecule has 3 aliphatic rings. The predicted octanol–water partition coefficient (Wildman–Crippen LogP) is 1.99. The molecule has 0 radical (unpaired) electrons. The maximum absolute atomic E-state index is 14.1. The van der Waals surface area contributed by atoms with Crippen molar-refractivity contribution in [2.45, 2.75) is 25.3 Å². The number of carbonyl (C=O) groups excluding carboxylic acids is 1. The summed E-state index contributed by atoms with van der Waals surface area (Å²) in [7, 11) is 0. The SMILES string of the molecule is O=C([C@@H]1CCCN1)N1CCN(c2cc(N3CCOCC3)nc(-n3c(C(F)F)nc4ccccc43)n2)CC1. The number of morpholine rings is 1. The molecule has 1 atom stereocenters. The highest BCUT2D eigenvalue weighted by Gasteiger charge is 2.30. The minimum atomic E-state index is -2.79. The Labute approximate surface area is 213 Å². The fourth-order valence-corrected chi connectivity index (χ4v) is 5.30. The molecule has 5 heterocycles. The number of nitrogens with one attached hydrogen (secondary N) is 1. The van der Waals surface area contributed by atoms with Crippen LogP contribution in [0.5, 0.6) is 0 Å². The Morgan fingerprint density at radius 3 is 2.35 bits per heavy atom. The Kier molecular flexibility index (Phi) is 6.59. The monoisotopic (exact) mass is 512 g/mol. The van der Waals surface area contributed by atoms with Crippen molar-refractivity contribution in [2.24, 2.45) is 0 Å². The number of nitrogens with zero attached hydrogens (tertiary/aromatic N) is 7. The summed E-state index contributed by atoms with van der Waals surface area (Å²) in [5, 5.41) is 3.28. The molecule has 12 heteroatoms. The molecule has 3 aliphatic heterocycles. The van der Waals surface area contributed by atoms with Crippen LogP contribution in [0.15, 0.2) is 30.3 Å². The van der Waals surface area contributed by atoms with Gasteiger partial charge in [0.05, 0.1) is 30.3 Å². The highest BCUT2D eigenvalue weighted by molar-refractivity contribution is 5.82. The largest absolute Gasteiger partial charge is 0.378 e. The van der Waals surface area contributed by atoms with Gasteiger partial charge in [-0.05, 0) is 31.5 Å². The third kappa shape index (κ3) is 4.71. The maximum Gasteiger partial charge on any atom is 0.296 e. The molecule has 0 aliphatic carbocycles. The van der Waals surface area contributed by atoms with Gasteiger partial charge in [0, 0.05) is 45.3 Å². The maximum atomic E-state index is 14.1. The number of para-hydroxylation sites is 2. The number of piperazine rings is 1. The molecule has 3 saturated heterocycles. The number of halogens is 2. The molecule has 2 aromatic heterocycles. The lowest BCUT2D eigenvalue weighted by molar-refractivity contribution is -0.133. The van der Waals surface area contributed by atoms with Crippen molar-refractivity contribution >= 4 is 28.6 Å². The average molecular weight is 513 g/mol. The summed E-state index contributed by atoms with van der Waals surface area (Å²) in [4.78, 5) is 32.6. The zero-order chi connectivity index (χ0) is 25.4. The van der Waals surface area contributed by atoms with Crippen molar-refractivity contribution in [3.63, 3.8) is 0 Å². The third-order valence-corrected chi connectivity index (χ3v) is 7.28. The van der Waals surface area contributed by atoms with Crippen LogP contribution in [0.3, 0.4) is 0 Å². The average Bonchev–Trinajstić information content (AvgIpc) is 3.62. The quantitative estimate of drug-likeness (QED) is 0.555. The van der Waals surface area contributed by atoms with Crippen LogP contribution in [0.1, 0.15) is 25.1 Å². The second-order valence-electron chi connectivity index (χ2n) is 9.54. The van der Waals surface area contributed by atoms with Crippen molar-refractivity contribution in [1.29, 1.82) is 0 Å². The van der Waals surface area contributed by atoms with Gasteiger partial charge in [-0.25, -0.2) is 13.8 Å². The van der Waals surface area contributed by atoms with E-state index in [0.29, 0.717) is 75.2 Å². The van der Waals surface area contributed by atoms with E-state index in [-0.39, 0.29) is 23.7 Å². The first kappa shape index (κ1) is 24.0. The van der Waals surface area contributed by atoms with Gasteiger partial charge >= 0.3 is 0 Å². The second kappa shape index (κ2) is 10.2. The second-order valence-corrected chi connectivity index (χ2v) is 9.54. The number of aromatic nitrogens is 4. The van der Waals surface area contributed by atoms with Gasteiger partial charge in [0.1, 0.15) is 11.6 Å². The molecule has 10 nitrogen and oxygen atoms in total. The van der Waals surface area contributed by atoms with E-state index < -0.39 is 6.43 Å². The lowest BCUT2D eigenvalue weighted by Crippen LogP contribution is -2.53. The molecule has 3 fully saturated rings. The van der Waals surface area contributed by atoms with Crippen LogP contribution in [0, 0.1) is 0 Å². The number of amides is 1. The molecule has 1 N–H and O–H groups in total. The molecule has 1 amide bonds. The number of hydrogen-bond donors (Lipinski definition) is 1. The van der Waals surface area contributed by atoms with Crippen molar-refractivity contribution in [3.05, 3.63) is 36.2 Å². The number of carbonyl (C=O) groups is 1. The van der Waals surface area contributed by atoms with Gasteiger partial charge in [-0.2, -0.15) is 9.97 Å². The molecule has 0 bridgehead atoms. The minimum Gasteiger partial charge on any atom is -0.378 e. The molecule has 0 spiro atoms. The highest BCUT2D eigenvalue weighted by atomic mass is 19.3. The van der Waals surface area contributed by atoms with Crippen LogP contribution in [-0.4, -0.2) is 95.4 Å². The first-order valence-corrected chi connectivity index (χ1v) is 12.8. The predicted molar refractivity (Wildman–Crippen MR) is 134 cm³/mol. The van der Waals surface area contributed by atoms with Gasteiger partial charge in [0.25, 0.3) is 6.43 Å². The first-order valence-electron chi connectivity index (χ1n) is 12.8. The third-order valence-electron chi connectivity index (χ3n) is 7.28. The molecule has 0 saturated carbocycles. The van der Waals surface area contributed by atoms with Gasteiger partial charge in [0.15, 0.2) is 5.82 Å². The van der Waals surface area contributed by atoms with E-state index in [0.717, 1.165) is 19.4 Å². The number of fused-ring (bicyclic) bond motifs is 1. The summed E-state index contributed by atoms with van der Waals surface area (Å²) in [6, 6.07) is 8.84. The highest BCUT2D eigenvalue weighted by Crippen LogP contribution is 2.29. The summed E-state index contributed by atoms with van der Waals surface area (Å²) in [6.45, 7) is 5.69. The fourth-order valence-electron chi connectivity index (χ4n) is 5.30. The van der Waals surface area contributed by atoms with E-state index in [4.69, 9.17) is 14.7 Å². The van der Waals surface area contributed by atoms with Gasteiger partial charge in [-0.3, -0.25) is 9.36 Å². The minimum absolute atomic E-state index is 0.0904. The standard InChI is InChI=1S/C25H30F2N8O2/c26-22(27)23-29-17-4-1-2-6-19(17)35(23)25-30-20(16-21(31-25)33-12-14-37-15-13-33)32-8-10-34(11-9-32)24(36)18-5-3-7-28-18/h1-2,4,6,16,18,22,28H,3,5,7-15H2/t18-/m0/s1. The van der Waals surface area contributed by atoms with E-state index in [9.17, 15) is 13.6 Å². The number of hydrogen-bond acceptors (Lipinski definition) is 8. The van der Waals surface area contributed by atoms with E-state index in [1.54, 1.807) is 24.3 Å². The molecule has 196 valence electrons. The van der Waals surface area contributed by atoms with Crippen molar-refractivity contribution in [2.75, 3.05) is 68.8 Å². The van der Waals surface area contributed by atoms with Crippen LogP contribution in [0.2, 0.25) is 0 Å². The molecular weight excluding hydrogens is 482 g/mol. The van der Waals surface area contributed by atoms with Gasteiger partial charge in [-0.1, -0.05) is 12.1 Å². The lowest BCUT2D eigenvalue weighted by Gasteiger charge is -2.37. The molecular formula is C25H30F2N8O2. The molecule has 1 aromatic carbocycles. The molecule has 0 unspecified atom stereocenters. The molecule has 6 rings (SSSR count). The summed E-state index contributed by atoms with van der Waals surface area (Å²) >= 11 is 0. The number of alkyl halides is 2. The van der Waals surface area contributed by atoms with Crippen LogP contribution < -0.4 is 15.1 Å². The number of ether oxygens (including phenoxy) is 1. The smallest absolute Gasteiger partial charge is 0.296 e. The van der Waals surface area contributed by atoms with Crippen molar-refractivity contribution < 1.29 is 18.3 Å². The molecule has 37 heavy (non-hydrogen) atoms. The van der Waals surface area contributed by atoms with E-state index in [1.165, 1.54) is 4.57 Å². The normalized spacial score (nSPS) is 20.8. The Hall–Kier alpha value is -3.38. The fraction of sp³-hybridized carbons (Fsp3) is 0.520. The Bertz CT molecular complexity index is 1260. The Morgan fingerprint density at radius 2 is 1.68 bits per heavy atom. The molecule has 3 aromatic rings. The zero-order valence-corrected chi connectivity index (χ0v) is 20.5. The van der Waals surface area contributed by atoms with Crippen LogP contribution in [0.4, 0.5) is 20.4 Å². The Balaban J connectivity index is 1.35. The van der Waals surface area contributed by atoms with Gasteiger partial charge in [-0.15, -0.1) is 0 Å². The van der Waals surface area contributed by atoms with Crippen LogP contribution in [0.25, 0.3) is 17.0 Å². The number of rotatable bonds is 5. The van der Waals surface area contributed by atoms with E-state index in [2.05, 4.69) is 20.1 Å². The summed E-state index contributed by atoms with van der Waals surface area (Å²) in [5.74, 6) is 1.24.